The number of rotatable bonds is 8. The third-order valence-corrected chi connectivity index (χ3v) is 5.91. The third kappa shape index (κ3) is 5.81. The summed E-state index contributed by atoms with van der Waals surface area (Å²) in [5, 5.41) is 2.81. The fraction of sp³-hybridized carbons (Fsp3) is 0.364. The van der Waals surface area contributed by atoms with Crippen molar-refractivity contribution in [2.75, 3.05) is 31.6 Å². The minimum atomic E-state index is -0.994. The number of nitrogens with one attached hydrogen (secondary N) is 1. The van der Waals surface area contributed by atoms with Gasteiger partial charge in [-0.2, -0.15) is 0 Å². The quantitative estimate of drug-likeness (QED) is 0.671. The Bertz CT molecular complexity index is 873. The molecule has 0 aliphatic carbocycles. The predicted molar refractivity (Wildman–Crippen MR) is 111 cm³/mol. The highest BCUT2D eigenvalue weighted by Crippen LogP contribution is 2.28. The van der Waals surface area contributed by atoms with Gasteiger partial charge in [0, 0.05) is 60.5 Å². The number of hydrogen-bond donors (Lipinski definition) is 1. The largest absolute Gasteiger partial charge is 0.355 e. The lowest BCUT2D eigenvalue weighted by Crippen LogP contribution is -2.39. The van der Waals surface area contributed by atoms with Crippen LogP contribution in [0.5, 0.6) is 0 Å². The number of carbonyl (C=O) groups is 2. The number of Topliss-reactive ketones (excluding diaryl/α,β-unsaturated/α-hetero) is 1. The molecule has 154 valence electrons. The van der Waals surface area contributed by atoms with Gasteiger partial charge in [-0.3, -0.25) is 18.7 Å². The molecule has 2 aromatic carbocycles. The SMILES string of the molecule is CS(=O)CCNC(=O)[C@@H]1CN(Cc2ccccc2)C[C@H]1C(=O)c1ccc(F)cc1. The predicted octanol–water partition coefficient (Wildman–Crippen LogP) is 2.25. The molecule has 2 aromatic rings. The minimum Gasteiger partial charge on any atom is -0.355 e. The van der Waals surface area contributed by atoms with E-state index in [0.29, 0.717) is 37.5 Å². The Morgan fingerprint density at radius 2 is 1.72 bits per heavy atom. The molecule has 29 heavy (non-hydrogen) atoms. The molecule has 1 unspecified atom stereocenters. The van der Waals surface area contributed by atoms with Gasteiger partial charge in [0.25, 0.3) is 0 Å². The van der Waals surface area contributed by atoms with E-state index in [-0.39, 0.29) is 11.7 Å². The summed E-state index contributed by atoms with van der Waals surface area (Å²) >= 11 is 0. The van der Waals surface area contributed by atoms with Crippen LogP contribution in [-0.2, 0) is 22.1 Å². The number of hydrogen-bond acceptors (Lipinski definition) is 4. The number of nitrogens with zero attached hydrogens (tertiary/aromatic N) is 1. The van der Waals surface area contributed by atoms with Crippen molar-refractivity contribution in [1.82, 2.24) is 10.2 Å². The lowest BCUT2D eigenvalue weighted by atomic mass is 9.88. The van der Waals surface area contributed by atoms with Crippen molar-refractivity contribution in [3.63, 3.8) is 0 Å². The van der Waals surface area contributed by atoms with E-state index in [1.54, 1.807) is 6.26 Å². The highest BCUT2D eigenvalue weighted by atomic mass is 32.2. The molecular weight excluding hydrogens is 391 g/mol. The van der Waals surface area contributed by atoms with Gasteiger partial charge in [0.05, 0.1) is 5.92 Å². The number of halogens is 1. The number of carbonyl (C=O) groups excluding carboxylic acids is 2. The smallest absolute Gasteiger partial charge is 0.225 e. The second-order valence-electron chi connectivity index (χ2n) is 7.33. The number of likely N-dealkylation sites (tertiary alicyclic amines) is 1. The summed E-state index contributed by atoms with van der Waals surface area (Å²) in [6, 6.07) is 15.3. The molecule has 1 saturated heterocycles. The first-order valence-corrected chi connectivity index (χ1v) is 11.3. The topological polar surface area (TPSA) is 66.5 Å². The van der Waals surface area contributed by atoms with Crippen LogP contribution in [0.2, 0.25) is 0 Å². The van der Waals surface area contributed by atoms with Crippen LogP contribution in [-0.4, -0.2) is 52.4 Å². The van der Waals surface area contributed by atoms with Crippen LogP contribution in [0.3, 0.4) is 0 Å². The number of amides is 1. The van der Waals surface area contributed by atoms with Crippen molar-refractivity contribution in [1.29, 1.82) is 0 Å². The molecule has 0 spiro atoms. The zero-order valence-electron chi connectivity index (χ0n) is 16.3. The molecule has 1 amide bonds. The van der Waals surface area contributed by atoms with Gasteiger partial charge in [-0.05, 0) is 29.8 Å². The summed E-state index contributed by atoms with van der Waals surface area (Å²) in [7, 11) is -0.994. The molecule has 1 aliphatic heterocycles. The summed E-state index contributed by atoms with van der Waals surface area (Å²) in [5.41, 5.74) is 1.52. The number of ketones is 1. The summed E-state index contributed by atoms with van der Waals surface area (Å²) < 4.78 is 24.5. The van der Waals surface area contributed by atoms with E-state index in [1.807, 2.05) is 30.3 Å². The van der Waals surface area contributed by atoms with E-state index in [9.17, 15) is 18.2 Å². The van der Waals surface area contributed by atoms with Gasteiger partial charge in [0.15, 0.2) is 5.78 Å². The molecule has 1 aliphatic rings. The van der Waals surface area contributed by atoms with E-state index in [4.69, 9.17) is 0 Å². The fourth-order valence-electron chi connectivity index (χ4n) is 3.66. The number of benzene rings is 2. The van der Waals surface area contributed by atoms with Crippen molar-refractivity contribution in [3.05, 3.63) is 71.5 Å². The average Bonchev–Trinajstić information content (AvgIpc) is 3.12. The van der Waals surface area contributed by atoms with Crippen molar-refractivity contribution in [2.45, 2.75) is 6.54 Å². The summed E-state index contributed by atoms with van der Waals surface area (Å²) in [5.74, 6) is -1.38. The Morgan fingerprint density at radius 3 is 2.38 bits per heavy atom. The van der Waals surface area contributed by atoms with Crippen LogP contribution in [0.15, 0.2) is 54.6 Å². The Balaban J connectivity index is 1.75. The monoisotopic (exact) mass is 416 g/mol. The zero-order chi connectivity index (χ0) is 20.8. The molecule has 5 nitrogen and oxygen atoms in total. The molecule has 0 saturated carbocycles. The van der Waals surface area contributed by atoms with Gasteiger partial charge < -0.3 is 5.32 Å². The normalized spacial score (nSPS) is 20.3. The molecule has 0 aromatic heterocycles. The third-order valence-electron chi connectivity index (χ3n) is 5.14. The first-order chi connectivity index (χ1) is 13.9. The van der Waals surface area contributed by atoms with E-state index in [0.717, 1.165) is 5.56 Å². The molecule has 1 N–H and O–H groups in total. The maximum absolute atomic E-state index is 13.2. The van der Waals surface area contributed by atoms with Gasteiger partial charge in [-0.1, -0.05) is 30.3 Å². The Morgan fingerprint density at radius 1 is 1.07 bits per heavy atom. The van der Waals surface area contributed by atoms with E-state index in [2.05, 4.69) is 10.2 Å². The highest BCUT2D eigenvalue weighted by molar-refractivity contribution is 7.84. The summed E-state index contributed by atoms with van der Waals surface area (Å²) in [6.45, 7) is 1.89. The van der Waals surface area contributed by atoms with Gasteiger partial charge >= 0.3 is 0 Å². The molecular formula is C22H25FN2O3S. The standard InChI is InChI=1S/C22H25FN2O3S/c1-29(28)12-11-24-22(27)20-15-25(13-16-5-3-2-4-6-16)14-19(20)21(26)17-7-9-18(23)10-8-17/h2-10,19-20H,11-15H2,1H3,(H,24,27)/t19-,20-,29?/m1/s1. The van der Waals surface area contributed by atoms with Crippen LogP contribution in [0, 0.1) is 17.7 Å². The first-order valence-electron chi connectivity index (χ1n) is 9.58. The maximum Gasteiger partial charge on any atom is 0.225 e. The minimum absolute atomic E-state index is 0.153. The average molecular weight is 417 g/mol. The second kappa shape index (κ2) is 9.89. The molecule has 0 radical (unpaired) electrons. The van der Waals surface area contributed by atoms with Gasteiger partial charge in [0.2, 0.25) is 5.91 Å². The molecule has 3 atom stereocenters. The zero-order valence-corrected chi connectivity index (χ0v) is 17.2. The van der Waals surface area contributed by atoms with Gasteiger partial charge in [-0.25, -0.2) is 4.39 Å². The summed E-state index contributed by atoms with van der Waals surface area (Å²) in [6.07, 6.45) is 1.59. The molecule has 0 bridgehead atoms. The Kier molecular flexibility index (Phi) is 7.28. The Labute approximate surface area is 172 Å². The van der Waals surface area contributed by atoms with E-state index in [1.165, 1.54) is 24.3 Å². The molecule has 3 rings (SSSR count). The fourth-order valence-corrected chi connectivity index (χ4v) is 4.05. The van der Waals surface area contributed by atoms with Gasteiger partial charge in [-0.15, -0.1) is 0 Å². The van der Waals surface area contributed by atoms with Crippen LogP contribution < -0.4 is 5.32 Å². The van der Waals surface area contributed by atoms with E-state index < -0.39 is 28.5 Å². The van der Waals surface area contributed by atoms with Crippen LogP contribution >= 0.6 is 0 Å². The maximum atomic E-state index is 13.2. The van der Waals surface area contributed by atoms with Crippen LogP contribution in [0.25, 0.3) is 0 Å². The Hall–Kier alpha value is -2.38. The lowest BCUT2D eigenvalue weighted by molar-refractivity contribution is -0.125. The first kappa shape index (κ1) is 21.3. The van der Waals surface area contributed by atoms with Crippen molar-refractivity contribution >= 4 is 22.5 Å². The van der Waals surface area contributed by atoms with Crippen molar-refractivity contribution < 1.29 is 18.2 Å². The van der Waals surface area contributed by atoms with E-state index >= 15 is 0 Å². The van der Waals surface area contributed by atoms with Crippen molar-refractivity contribution in [3.8, 4) is 0 Å². The van der Waals surface area contributed by atoms with Gasteiger partial charge in [0.1, 0.15) is 5.82 Å². The van der Waals surface area contributed by atoms with Crippen molar-refractivity contribution in [2.24, 2.45) is 11.8 Å². The highest BCUT2D eigenvalue weighted by Gasteiger charge is 2.41. The van der Waals surface area contributed by atoms with Crippen LogP contribution in [0.1, 0.15) is 15.9 Å². The molecule has 1 heterocycles. The van der Waals surface area contributed by atoms with Crippen LogP contribution in [0.4, 0.5) is 4.39 Å². The molecule has 7 heteroatoms. The lowest BCUT2D eigenvalue weighted by Gasteiger charge is -2.17. The second-order valence-corrected chi connectivity index (χ2v) is 8.89. The summed E-state index contributed by atoms with van der Waals surface area (Å²) in [4.78, 5) is 28.0. The molecule has 1 fully saturated rings.